The second kappa shape index (κ2) is 2.33. The first-order valence-electron chi connectivity index (χ1n) is 3.43. The van der Waals surface area contributed by atoms with Gasteiger partial charge in [0.2, 0.25) is 0 Å². The summed E-state index contributed by atoms with van der Waals surface area (Å²) < 4.78 is 1.63. The molecule has 0 fully saturated rings. The smallest absolute Gasteiger partial charge is 0.108 e. The molecule has 2 aromatic heterocycles. The number of hydrogen-bond donors (Lipinski definition) is 2. The van der Waals surface area contributed by atoms with E-state index in [1.54, 1.807) is 24.1 Å². The zero-order chi connectivity index (χ0) is 8.55. The summed E-state index contributed by atoms with van der Waals surface area (Å²) >= 11 is 0. The fourth-order valence-corrected chi connectivity index (χ4v) is 1.02. The number of aromatic nitrogens is 5. The van der Waals surface area contributed by atoms with Crippen LogP contribution in [0.4, 0.5) is 5.69 Å². The van der Waals surface area contributed by atoms with E-state index in [1.807, 2.05) is 0 Å². The SMILES string of the molecule is Cn1nncc1-c1[nH]ncc1N. The average Bonchev–Trinajstić information content (AvgIpc) is 2.59. The molecular formula is C6H8N6. The molecule has 62 valence electrons. The van der Waals surface area contributed by atoms with Gasteiger partial charge in [0.05, 0.1) is 18.1 Å². The van der Waals surface area contributed by atoms with Crippen LogP contribution in [0.15, 0.2) is 12.4 Å². The maximum atomic E-state index is 5.64. The van der Waals surface area contributed by atoms with E-state index in [9.17, 15) is 0 Å². The van der Waals surface area contributed by atoms with Gasteiger partial charge < -0.3 is 5.73 Å². The van der Waals surface area contributed by atoms with Gasteiger partial charge in [0.1, 0.15) is 11.4 Å². The number of hydrogen-bond acceptors (Lipinski definition) is 4. The Morgan fingerprint density at radius 1 is 1.50 bits per heavy atom. The number of nitrogens with two attached hydrogens (primary N) is 1. The standard InChI is InChI=1S/C6H8N6/c1-12-5(3-9-11-12)6-4(7)2-8-10-6/h2-3H,7H2,1H3,(H,8,10). The first-order valence-corrected chi connectivity index (χ1v) is 3.43. The van der Waals surface area contributed by atoms with Crippen molar-refractivity contribution in [2.75, 3.05) is 5.73 Å². The first-order chi connectivity index (χ1) is 5.79. The number of nitrogens with zero attached hydrogens (tertiary/aromatic N) is 4. The fraction of sp³-hybridized carbons (Fsp3) is 0.167. The van der Waals surface area contributed by atoms with Crippen LogP contribution in [0.1, 0.15) is 0 Å². The van der Waals surface area contributed by atoms with Crippen LogP contribution in [0, 0.1) is 0 Å². The molecule has 0 saturated carbocycles. The maximum Gasteiger partial charge on any atom is 0.108 e. The summed E-state index contributed by atoms with van der Waals surface area (Å²) in [5.74, 6) is 0. The number of aryl methyl sites for hydroxylation is 1. The Morgan fingerprint density at radius 3 is 2.83 bits per heavy atom. The van der Waals surface area contributed by atoms with Crippen molar-refractivity contribution in [1.29, 1.82) is 0 Å². The van der Waals surface area contributed by atoms with Gasteiger partial charge in [0.15, 0.2) is 0 Å². The van der Waals surface area contributed by atoms with Crippen molar-refractivity contribution < 1.29 is 0 Å². The zero-order valence-electron chi connectivity index (χ0n) is 6.52. The Hall–Kier alpha value is -1.85. The molecule has 0 aliphatic rings. The molecular weight excluding hydrogens is 156 g/mol. The molecule has 0 aliphatic heterocycles. The Balaban J connectivity index is 2.57. The minimum Gasteiger partial charge on any atom is -0.396 e. The monoisotopic (exact) mass is 164 g/mol. The van der Waals surface area contributed by atoms with Crippen LogP contribution in [0.25, 0.3) is 11.4 Å². The molecule has 0 bridgehead atoms. The highest BCUT2D eigenvalue weighted by atomic mass is 15.4. The number of nitrogens with one attached hydrogen (secondary N) is 1. The Bertz CT molecular complexity index is 348. The van der Waals surface area contributed by atoms with Crippen LogP contribution < -0.4 is 5.73 Å². The molecule has 0 saturated heterocycles. The molecule has 12 heavy (non-hydrogen) atoms. The second-order valence-electron chi connectivity index (χ2n) is 2.44. The van der Waals surface area contributed by atoms with Gasteiger partial charge in [-0.2, -0.15) is 5.10 Å². The summed E-state index contributed by atoms with van der Waals surface area (Å²) in [6.45, 7) is 0. The summed E-state index contributed by atoms with van der Waals surface area (Å²) in [7, 11) is 1.79. The lowest BCUT2D eigenvalue weighted by Gasteiger charge is -1.96. The van der Waals surface area contributed by atoms with Gasteiger partial charge in [0, 0.05) is 7.05 Å². The third-order valence-electron chi connectivity index (χ3n) is 1.64. The van der Waals surface area contributed by atoms with E-state index >= 15 is 0 Å². The number of H-pyrrole nitrogens is 1. The van der Waals surface area contributed by atoms with E-state index in [4.69, 9.17) is 5.73 Å². The van der Waals surface area contributed by atoms with Crippen molar-refractivity contribution in [3.8, 4) is 11.4 Å². The minimum absolute atomic E-state index is 0.598. The van der Waals surface area contributed by atoms with Crippen molar-refractivity contribution in [1.82, 2.24) is 25.2 Å². The number of anilines is 1. The number of aromatic amines is 1. The fourth-order valence-electron chi connectivity index (χ4n) is 1.02. The Labute approximate surface area is 68.4 Å². The molecule has 0 unspecified atom stereocenters. The largest absolute Gasteiger partial charge is 0.396 e. The normalized spacial score (nSPS) is 10.4. The quantitative estimate of drug-likeness (QED) is 0.610. The molecule has 0 radical (unpaired) electrons. The van der Waals surface area contributed by atoms with E-state index < -0.39 is 0 Å². The molecule has 0 atom stereocenters. The average molecular weight is 164 g/mol. The van der Waals surface area contributed by atoms with Gasteiger partial charge in [-0.25, -0.2) is 4.68 Å². The van der Waals surface area contributed by atoms with Gasteiger partial charge in [-0.05, 0) is 0 Å². The van der Waals surface area contributed by atoms with Crippen molar-refractivity contribution in [3.63, 3.8) is 0 Å². The number of rotatable bonds is 1. The van der Waals surface area contributed by atoms with Gasteiger partial charge >= 0.3 is 0 Å². The van der Waals surface area contributed by atoms with Gasteiger partial charge in [-0.1, -0.05) is 5.21 Å². The van der Waals surface area contributed by atoms with Crippen molar-refractivity contribution in [2.45, 2.75) is 0 Å². The van der Waals surface area contributed by atoms with E-state index in [0.29, 0.717) is 5.69 Å². The highest BCUT2D eigenvalue weighted by molar-refractivity contribution is 5.68. The molecule has 0 aliphatic carbocycles. The molecule has 0 spiro atoms. The van der Waals surface area contributed by atoms with Crippen molar-refractivity contribution in [3.05, 3.63) is 12.4 Å². The highest BCUT2D eigenvalue weighted by Gasteiger charge is 2.08. The topological polar surface area (TPSA) is 85.4 Å². The third kappa shape index (κ3) is 0.849. The van der Waals surface area contributed by atoms with Crippen molar-refractivity contribution >= 4 is 5.69 Å². The lowest BCUT2D eigenvalue weighted by molar-refractivity contribution is 0.719. The minimum atomic E-state index is 0.598. The van der Waals surface area contributed by atoms with E-state index in [0.717, 1.165) is 11.4 Å². The van der Waals surface area contributed by atoms with E-state index in [2.05, 4.69) is 20.5 Å². The highest BCUT2D eigenvalue weighted by Crippen LogP contribution is 2.19. The maximum absolute atomic E-state index is 5.64. The molecule has 6 heteroatoms. The van der Waals surface area contributed by atoms with E-state index in [1.165, 1.54) is 0 Å². The van der Waals surface area contributed by atoms with Gasteiger partial charge in [-0.15, -0.1) is 5.10 Å². The first kappa shape index (κ1) is 6.84. The van der Waals surface area contributed by atoms with Crippen molar-refractivity contribution in [2.24, 2.45) is 7.05 Å². The Kier molecular flexibility index (Phi) is 1.33. The second-order valence-corrected chi connectivity index (χ2v) is 2.44. The summed E-state index contributed by atoms with van der Waals surface area (Å²) in [4.78, 5) is 0. The zero-order valence-corrected chi connectivity index (χ0v) is 6.52. The van der Waals surface area contributed by atoms with Crippen LogP contribution in [-0.2, 0) is 7.05 Å². The lowest BCUT2D eigenvalue weighted by Crippen LogP contribution is -1.96. The molecule has 0 amide bonds. The van der Waals surface area contributed by atoms with Gasteiger partial charge in [-0.3, -0.25) is 5.10 Å². The molecule has 2 rings (SSSR count). The molecule has 2 aromatic rings. The van der Waals surface area contributed by atoms with E-state index in [-0.39, 0.29) is 0 Å². The molecule has 3 N–H and O–H groups in total. The van der Waals surface area contributed by atoms with Crippen LogP contribution in [0.3, 0.4) is 0 Å². The Morgan fingerprint density at radius 2 is 2.33 bits per heavy atom. The van der Waals surface area contributed by atoms with Crippen LogP contribution in [-0.4, -0.2) is 25.2 Å². The summed E-state index contributed by atoms with van der Waals surface area (Å²) in [6.07, 6.45) is 3.19. The summed E-state index contributed by atoms with van der Waals surface area (Å²) in [5.41, 5.74) is 7.81. The predicted molar refractivity (Wildman–Crippen MR) is 43.0 cm³/mol. The summed E-state index contributed by atoms with van der Waals surface area (Å²) in [6, 6.07) is 0. The predicted octanol–water partition coefficient (Wildman–Crippen LogP) is -0.213. The van der Waals surface area contributed by atoms with Crippen LogP contribution >= 0.6 is 0 Å². The third-order valence-corrected chi connectivity index (χ3v) is 1.64. The molecule has 2 heterocycles. The summed E-state index contributed by atoms with van der Waals surface area (Å²) in [5, 5.41) is 14.1. The lowest BCUT2D eigenvalue weighted by atomic mass is 10.3. The van der Waals surface area contributed by atoms with Crippen LogP contribution in [0.5, 0.6) is 0 Å². The number of nitrogen functional groups attached to an aromatic ring is 1. The van der Waals surface area contributed by atoms with Gasteiger partial charge in [0.25, 0.3) is 0 Å². The molecule has 6 nitrogen and oxygen atoms in total. The van der Waals surface area contributed by atoms with Crippen LogP contribution in [0.2, 0.25) is 0 Å². The molecule has 0 aromatic carbocycles.